The lowest BCUT2D eigenvalue weighted by molar-refractivity contribution is -0.116. The minimum Gasteiger partial charge on any atom is -0.335 e. The zero-order valence-electron chi connectivity index (χ0n) is 14.7. The maximum atomic E-state index is 12.1. The number of rotatable bonds is 5. The van der Waals surface area contributed by atoms with Gasteiger partial charge in [0.2, 0.25) is 5.91 Å². The van der Waals surface area contributed by atoms with Crippen molar-refractivity contribution in [3.63, 3.8) is 0 Å². The molecule has 5 nitrogen and oxygen atoms in total. The van der Waals surface area contributed by atoms with E-state index in [1.54, 1.807) is 24.3 Å². The molecule has 1 aliphatic carbocycles. The summed E-state index contributed by atoms with van der Waals surface area (Å²) in [7, 11) is 0. The van der Waals surface area contributed by atoms with E-state index < -0.39 is 0 Å². The Hall–Kier alpha value is -2.04. The molecule has 1 aromatic carbocycles. The first-order valence-corrected chi connectivity index (χ1v) is 9.00. The van der Waals surface area contributed by atoms with Gasteiger partial charge < -0.3 is 16.0 Å². The first-order valence-electron chi connectivity index (χ1n) is 9.00. The van der Waals surface area contributed by atoms with Crippen molar-refractivity contribution in [1.82, 2.24) is 5.32 Å². The normalized spacial score (nSPS) is 15.6. The molecule has 0 saturated heterocycles. The number of hydrogen-bond donors (Lipinski definition) is 3. The van der Waals surface area contributed by atoms with Crippen LogP contribution in [0.2, 0.25) is 0 Å². The summed E-state index contributed by atoms with van der Waals surface area (Å²) >= 11 is 0. The van der Waals surface area contributed by atoms with Crippen molar-refractivity contribution in [3.05, 3.63) is 24.3 Å². The number of hydrogen-bond acceptors (Lipinski definition) is 2. The molecule has 24 heavy (non-hydrogen) atoms. The summed E-state index contributed by atoms with van der Waals surface area (Å²) in [6.07, 6.45) is 7.55. The van der Waals surface area contributed by atoms with Gasteiger partial charge in [-0.15, -0.1) is 0 Å². The van der Waals surface area contributed by atoms with E-state index in [0.717, 1.165) is 24.2 Å². The molecule has 1 aromatic rings. The van der Waals surface area contributed by atoms with Crippen LogP contribution in [-0.4, -0.2) is 18.0 Å². The molecule has 0 aromatic heterocycles. The van der Waals surface area contributed by atoms with E-state index in [4.69, 9.17) is 0 Å². The lowest BCUT2D eigenvalue weighted by atomic mass is 10.1. The SMILES string of the molecule is CC(C)CC(=O)Nc1ccc(NC(=O)NC2CCCCCC2)cc1. The van der Waals surface area contributed by atoms with Crippen LogP contribution in [0.4, 0.5) is 16.2 Å². The third-order valence-electron chi connectivity index (χ3n) is 4.21. The fourth-order valence-electron chi connectivity index (χ4n) is 3.00. The quantitative estimate of drug-likeness (QED) is 0.694. The molecular formula is C19H29N3O2. The van der Waals surface area contributed by atoms with E-state index >= 15 is 0 Å². The summed E-state index contributed by atoms with van der Waals surface area (Å²) < 4.78 is 0. The van der Waals surface area contributed by atoms with Gasteiger partial charge in [-0.1, -0.05) is 39.5 Å². The van der Waals surface area contributed by atoms with Crippen LogP contribution in [0.25, 0.3) is 0 Å². The Labute approximate surface area is 144 Å². The van der Waals surface area contributed by atoms with Gasteiger partial charge in [0.15, 0.2) is 0 Å². The molecule has 5 heteroatoms. The van der Waals surface area contributed by atoms with Gasteiger partial charge in [0.05, 0.1) is 0 Å². The van der Waals surface area contributed by atoms with Gasteiger partial charge in [0, 0.05) is 23.8 Å². The van der Waals surface area contributed by atoms with Crippen molar-refractivity contribution in [2.45, 2.75) is 64.8 Å². The highest BCUT2D eigenvalue weighted by Gasteiger charge is 2.14. The monoisotopic (exact) mass is 331 g/mol. The summed E-state index contributed by atoms with van der Waals surface area (Å²) in [5, 5.41) is 8.77. The van der Waals surface area contributed by atoms with Crippen molar-refractivity contribution in [3.8, 4) is 0 Å². The Bertz CT molecular complexity index is 532. The van der Waals surface area contributed by atoms with E-state index in [0.29, 0.717) is 12.3 Å². The summed E-state index contributed by atoms with van der Waals surface area (Å²) in [5.41, 5.74) is 1.47. The lowest BCUT2D eigenvalue weighted by Gasteiger charge is -2.17. The molecule has 3 amide bonds. The van der Waals surface area contributed by atoms with Crippen LogP contribution in [0.5, 0.6) is 0 Å². The van der Waals surface area contributed by atoms with Crippen LogP contribution in [0, 0.1) is 5.92 Å². The molecule has 0 radical (unpaired) electrons. The van der Waals surface area contributed by atoms with Gasteiger partial charge in [0.25, 0.3) is 0 Å². The van der Waals surface area contributed by atoms with E-state index in [1.165, 1.54) is 25.7 Å². The number of benzene rings is 1. The molecule has 1 saturated carbocycles. The lowest BCUT2D eigenvalue weighted by Crippen LogP contribution is -2.37. The minimum absolute atomic E-state index is 0.0109. The van der Waals surface area contributed by atoms with Crippen LogP contribution in [0.1, 0.15) is 58.8 Å². The molecule has 0 bridgehead atoms. The molecule has 0 unspecified atom stereocenters. The molecule has 0 spiro atoms. The van der Waals surface area contributed by atoms with Gasteiger partial charge in [-0.3, -0.25) is 4.79 Å². The number of urea groups is 1. The second-order valence-electron chi connectivity index (χ2n) is 7.01. The van der Waals surface area contributed by atoms with Crippen molar-refractivity contribution in [1.29, 1.82) is 0 Å². The fourth-order valence-corrected chi connectivity index (χ4v) is 3.00. The van der Waals surface area contributed by atoms with Gasteiger partial charge >= 0.3 is 6.03 Å². The van der Waals surface area contributed by atoms with Crippen LogP contribution < -0.4 is 16.0 Å². The molecule has 1 fully saturated rings. The van der Waals surface area contributed by atoms with E-state index in [-0.39, 0.29) is 18.0 Å². The van der Waals surface area contributed by atoms with Crippen molar-refractivity contribution in [2.75, 3.05) is 10.6 Å². The zero-order chi connectivity index (χ0) is 17.4. The van der Waals surface area contributed by atoms with Gasteiger partial charge in [-0.05, 0) is 43.0 Å². The molecule has 2 rings (SSSR count). The van der Waals surface area contributed by atoms with Crippen LogP contribution in [0.3, 0.4) is 0 Å². The molecule has 0 atom stereocenters. The summed E-state index contributed by atoms with van der Waals surface area (Å²) in [5.74, 6) is 0.343. The number of carbonyl (C=O) groups is 2. The highest BCUT2D eigenvalue weighted by Crippen LogP contribution is 2.18. The smallest absolute Gasteiger partial charge is 0.319 e. The highest BCUT2D eigenvalue weighted by molar-refractivity contribution is 5.92. The second-order valence-corrected chi connectivity index (χ2v) is 7.01. The fraction of sp³-hybridized carbons (Fsp3) is 0.579. The topological polar surface area (TPSA) is 70.2 Å². The third-order valence-corrected chi connectivity index (χ3v) is 4.21. The number of carbonyl (C=O) groups excluding carboxylic acids is 2. The van der Waals surface area contributed by atoms with Gasteiger partial charge in [0.1, 0.15) is 0 Å². The Morgan fingerprint density at radius 3 is 2.04 bits per heavy atom. The third kappa shape index (κ3) is 6.60. The Kier molecular flexibility index (Phi) is 7.09. The highest BCUT2D eigenvalue weighted by atomic mass is 16.2. The van der Waals surface area contributed by atoms with Crippen molar-refractivity contribution in [2.24, 2.45) is 5.92 Å². The second kappa shape index (κ2) is 9.30. The number of amides is 3. The maximum Gasteiger partial charge on any atom is 0.319 e. The van der Waals surface area contributed by atoms with Gasteiger partial charge in [-0.2, -0.15) is 0 Å². The Morgan fingerprint density at radius 1 is 0.958 bits per heavy atom. The molecule has 1 aliphatic rings. The van der Waals surface area contributed by atoms with E-state index in [2.05, 4.69) is 16.0 Å². The Balaban J connectivity index is 1.80. The van der Waals surface area contributed by atoms with Crippen molar-refractivity contribution >= 4 is 23.3 Å². The number of anilines is 2. The molecule has 132 valence electrons. The molecule has 3 N–H and O–H groups in total. The summed E-state index contributed by atoms with van der Waals surface area (Å²) in [4.78, 5) is 23.8. The largest absolute Gasteiger partial charge is 0.335 e. The summed E-state index contributed by atoms with van der Waals surface area (Å²) in [6.45, 7) is 4.03. The van der Waals surface area contributed by atoms with E-state index in [9.17, 15) is 9.59 Å². The van der Waals surface area contributed by atoms with Gasteiger partial charge in [-0.25, -0.2) is 4.79 Å². The van der Waals surface area contributed by atoms with Crippen LogP contribution in [0.15, 0.2) is 24.3 Å². The van der Waals surface area contributed by atoms with Crippen LogP contribution in [-0.2, 0) is 4.79 Å². The minimum atomic E-state index is -0.154. The average Bonchev–Trinajstić information content (AvgIpc) is 2.77. The predicted molar refractivity (Wildman–Crippen MR) is 98.2 cm³/mol. The summed E-state index contributed by atoms with van der Waals surface area (Å²) in [6, 6.07) is 7.34. The Morgan fingerprint density at radius 2 is 1.50 bits per heavy atom. The average molecular weight is 331 g/mol. The maximum absolute atomic E-state index is 12.1. The standard InChI is InChI=1S/C19H29N3O2/c1-14(2)13-18(23)20-16-9-11-17(12-10-16)22-19(24)21-15-7-5-3-4-6-8-15/h9-12,14-15H,3-8,13H2,1-2H3,(H,20,23)(H2,21,22,24). The molecule has 0 aliphatic heterocycles. The first kappa shape index (κ1) is 18.3. The predicted octanol–water partition coefficient (Wildman–Crippen LogP) is 4.52. The van der Waals surface area contributed by atoms with Crippen molar-refractivity contribution < 1.29 is 9.59 Å². The molecule has 0 heterocycles. The zero-order valence-corrected chi connectivity index (χ0v) is 14.7. The van der Waals surface area contributed by atoms with Crippen LogP contribution >= 0.6 is 0 Å². The molecular weight excluding hydrogens is 302 g/mol. The number of nitrogens with one attached hydrogen (secondary N) is 3. The first-order chi connectivity index (χ1) is 11.5. The van der Waals surface area contributed by atoms with E-state index in [1.807, 2.05) is 13.8 Å².